The summed E-state index contributed by atoms with van der Waals surface area (Å²) in [4.78, 5) is 31.1. The number of Topliss-reactive ketones (excluding diaryl/α,β-unsaturated/α-hetero) is 1. The van der Waals surface area contributed by atoms with E-state index in [4.69, 9.17) is 9.47 Å². The number of benzene rings is 1. The number of ketones is 1. The number of alkyl carbamates (subject to hydrolysis) is 1. The first kappa shape index (κ1) is 25.5. The monoisotopic (exact) mass is 506 g/mol. The molecule has 1 amide bonds. The molecule has 1 aromatic carbocycles. The van der Waals surface area contributed by atoms with Gasteiger partial charge in [0.25, 0.3) is 0 Å². The highest BCUT2D eigenvalue weighted by Crippen LogP contribution is 2.35. The van der Waals surface area contributed by atoms with Gasteiger partial charge in [0.15, 0.2) is 0 Å². The summed E-state index contributed by atoms with van der Waals surface area (Å²) in [5.74, 6) is 1.65. The second-order valence-electron chi connectivity index (χ2n) is 8.75. The number of aryl methyl sites for hydroxylation is 2. The molecule has 0 bridgehead atoms. The minimum atomic E-state index is -0.480. The first-order chi connectivity index (χ1) is 17.5. The number of nitrogens with zero attached hydrogens (tertiary/aromatic N) is 3. The number of nitriles is 1. The van der Waals surface area contributed by atoms with Crippen LogP contribution in [0.4, 0.5) is 4.79 Å². The third-order valence-electron chi connectivity index (χ3n) is 6.29. The third-order valence-corrected chi connectivity index (χ3v) is 7.55. The van der Waals surface area contributed by atoms with Gasteiger partial charge in [-0.3, -0.25) is 4.79 Å². The van der Waals surface area contributed by atoms with E-state index in [0.717, 1.165) is 32.5 Å². The number of thiophene rings is 1. The van der Waals surface area contributed by atoms with Gasteiger partial charge >= 0.3 is 6.09 Å². The van der Waals surface area contributed by atoms with Crippen molar-refractivity contribution < 1.29 is 19.1 Å². The number of hydrogen-bond acceptors (Lipinski definition) is 7. The number of amides is 1. The van der Waals surface area contributed by atoms with E-state index in [9.17, 15) is 14.9 Å². The van der Waals surface area contributed by atoms with Crippen LogP contribution in [-0.2, 0) is 48.8 Å². The molecule has 1 aliphatic carbocycles. The minimum Gasteiger partial charge on any atom is -0.494 e. The van der Waals surface area contributed by atoms with Crippen molar-refractivity contribution in [2.75, 3.05) is 6.61 Å². The Hall–Kier alpha value is -3.64. The molecule has 9 heteroatoms. The van der Waals surface area contributed by atoms with Gasteiger partial charge in [0.1, 0.15) is 29.5 Å². The molecule has 36 heavy (non-hydrogen) atoms. The molecule has 2 heterocycles. The number of rotatable bonds is 10. The van der Waals surface area contributed by atoms with Crippen molar-refractivity contribution in [3.8, 4) is 11.8 Å². The number of aromatic nitrogens is 2. The zero-order chi connectivity index (χ0) is 25.5. The van der Waals surface area contributed by atoms with Gasteiger partial charge in [-0.25, -0.2) is 9.78 Å². The van der Waals surface area contributed by atoms with Crippen LogP contribution in [0.15, 0.2) is 36.7 Å². The average Bonchev–Trinajstić information content (AvgIpc) is 3.43. The van der Waals surface area contributed by atoms with Gasteiger partial charge in [-0.15, -0.1) is 11.3 Å². The standard InChI is InChI=1S/C27H30N4O4S/c1-3-34-23-7-5-4-6-18(23)8-9-19(32)14-24-22(16-28)21-11-10-20(15-25(21)36-24)35-27(33)30-17-26-29-12-13-31(26)2/h4-7,12-13,20H,3,8-11,14-15,17H2,1-2H3,(H,30,33). The Morgan fingerprint density at radius 2 is 2.17 bits per heavy atom. The van der Waals surface area contributed by atoms with Crippen LogP contribution in [0.3, 0.4) is 0 Å². The molecule has 0 spiro atoms. The highest BCUT2D eigenvalue weighted by atomic mass is 32.1. The molecule has 8 nitrogen and oxygen atoms in total. The predicted molar refractivity (Wildman–Crippen MR) is 136 cm³/mol. The van der Waals surface area contributed by atoms with Crippen molar-refractivity contribution >= 4 is 23.2 Å². The van der Waals surface area contributed by atoms with Crippen molar-refractivity contribution in [1.29, 1.82) is 5.26 Å². The summed E-state index contributed by atoms with van der Waals surface area (Å²) in [6, 6.07) is 10.1. The Bertz CT molecular complexity index is 1270. The summed E-state index contributed by atoms with van der Waals surface area (Å²) in [7, 11) is 1.86. The summed E-state index contributed by atoms with van der Waals surface area (Å²) < 4.78 is 13.1. The molecule has 0 aliphatic heterocycles. The van der Waals surface area contributed by atoms with Crippen LogP contribution in [0.5, 0.6) is 5.75 Å². The highest BCUT2D eigenvalue weighted by molar-refractivity contribution is 7.12. The van der Waals surface area contributed by atoms with E-state index < -0.39 is 6.09 Å². The van der Waals surface area contributed by atoms with Crippen molar-refractivity contribution in [1.82, 2.24) is 14.9 Å². The normalized spacial score (nSPS) is 14.5. The van der Waals surface area contributed by atoms with Crippen LogP contribution in [0, 0.1) is 11.3 Å². The van der Waals surface area contributed by atoms with E-state index in [1.807, 2.05) is 49.0 Å². The number of imidazole rings is 1. The Labute approximate surface area is 214 Å². The van der Waals surface area contributed by atoms with Crippen molar-refractivity contribution in [2.24, 2.45) is 7.05 Å². The number of nitrogens with one attached hydrogen (secondary N) is 1. The Kier molecular flexibility index (Phi) is 8.39. The second-order valence-corrected chi connectivity index (χ2v) is 9.94. The zero-order valence-corrected chi connectivity index (χ0v) is 21.4. The predicted octanol–water partition coefficient (Wildman–Crippen LogP) is 4.28. The number of carbonyl (C=O) groups is 2. The quantitative estimate of drug-likeness (QED) is 0.440. The number of hydrogen-bond donors (Lipinski definition) is 1. The molecule has 1 N–H and O–H groups in total. The third kappa shape index (κ3) is 6.13. The van der Waals surface area contributed by atoms with Gasteiger partial charge in [0, 0.05) is 48.5 Å². The first-order valence-electron chi connectivity index (χ1n) is 12.1. The van der Waals surface area contributed by atoms with E-state index in [-0.39, 0.29) is 18.3 Å². The van der Waals surface area contributed by atoms with Gasteiger partial charge in [-0.2, -0.15) is 5.26 Å². The van der Waals surface area contributed by atoms with E-state index >= 15 is 0 Å². The van der Waals surface area contributed by atoms with Gasteiger partial charge in [0.05, 0.1) is 18.7 Å². The van der Waals surface area contributed by atoms with Crippen molar-refractivity contribution in [3.63, 3.8) is 0 Å². The molecule has 3 aromatic rings. The van der Waals surface area contributed by atoms with E-state index in [1.54, 1.807) is 6.20 Å². The SMILES string of the molecule is CCOc1ccccc1CCC(=O)Cc1sc2c(c1C#N)CCC(OC(=O)NCc1nccn1C)C2. The van der Waals surface area contributed by atoms with Crippen LogP contribution >= 0.6 is 11.3 Å². The molecule has 188 valence electrons. The minimum absolute atomic E-state index is 0.0952. The van der Waals surface area contributed by atoms with Crippen molar-refractivity contribution in [2.45, 2.75) is 58.1 Å². The van der Waals surface area contributed by atoms with Crippen LogP contribution in [0.2, 0.25) is 0 Å². The van der Waals surface area contributed by atoms with E-state index in [2.05, 4.69) is 16.4 Å². The molecule has 4 rings (SSSR count). The Balaban J connectivity index is 1.33. The molecule has 1 unspecified atom stereocenters. The van der Waals surface area contributed by atoms with Gasteiger partial charge in [0.2, 0.25) is 0 Å². The van der Waals surface area contributed by atoms with Gasteiger partial charge in [-0.1, -0.05) is 18.2 Å². The van der Waals surface area contributed by atoms with Crippen LogP contribution < -0.4 is 10.1 Å². The number of ether oxygens (including phenoxy) is 2. The lowest BCUT2D eigenvalue weighted by Gasteiger charge is -2.22. The Morgan fingerprint density at radius 1 is 1.33 bits per heavy atom. The average molecular weight is 507 g/mol. The summed E-state index contributed by atoms with van der Waals surface area (Å²) in [5.41, 5.74) is 2.64. The maximum absolute atomic E-state index is 12.8. The molecule has 1 aliphatic rings. The molecule has 1 atom stereocenters. The lowest BCUT2D eigenvalue weighted by Crippen LogP contribution is -2.32. The van der Waals surface area contributed by atoms with Crippen LogP contribution in [0.1, 0.15) is 52.0 Å². The molecule has 0 saturated carbocycles. The summed E-state index contributed by atoms with van der Waals surface area (Å²) >= 11 is 1.50. The molecule has 2 aromatic heterocycles. The second kappa shape index (κ2) is 11.9. The summed E-state index contributed by atoms with van der Waals surface area (Å²) in [6.07, 6.45) is 5.84. The number of carbonyl (C=O) groups excluding carboxylic acids is 2. The van der Waals surface area contributed by atoms with E-state index in [1.165, 1.54) is 11.3 Å². The Morgan fingerprint density at radius 3 is 2.92 bits per heavy atom. The molecule has 0 radical (unpaired) electrons. The van der Waals surface area contributed by atoms with Crippen LogP contribution in [-0.4, -0.2) is 34.1 Å². The molecular weight excluding hydrogens is 476 g/mol. The van der Waals surface area contributed by atoms with Crippen LogP contribution in [0.25, 0.3) is 0 Å². The van der Waals surface area contributed by atoms with Gasteiger partial charge < -0.3 is 19.4 Å². The fourth-order valence-corrected chi connectivity index (χ4v) is 5.82. The fraction of sp³-hybridized carbons (Fsp3) is 0.407. The lowest BCUT2D eigenvalue weighted by molar-refractivity contribution is -0.118. The van der Waals surface area contributed by atoms with E-state index in [0.29, 0.717) is 50.8 Å². The highest BCUT2D eigenvalue weighted by Gasteiger charge is 2.28. The first-order valence-corrected chi connectivity index (χ1v) is 13.0. The topological polar surface area (TPSA) is 106 Å². The van der Waals surface area contributed by atoms with Crippen molar-refractivity contribution in [3.05, 3.63) is 68.9 Å². The zero-order valence-electron chi connectivity index (χ0n) is 20.6. The molecular formula is C27H30N4O4S. The number of para-hydroxylation sites is 1. The summed E-state index contributed by atoms with van der Waals surface area (Å²) in [6.45, 7) is 2.81. The maximum atomic E-state index is 12.8. The maximum Gasteiger partial charge on any atom is 0.407 e. The number of fused-ring (bicyclic) bond motifs is 1. The largest absolute Gasteiger partial charge is 0.494 e. The smallest absolute Gasteiger partial charge is 0.407 e. The summed E-state index contributed by atoms with van der Waals surface area (Å²) in [5, 5.41) is 12.5. The molecule has 0 fully saturated rings. The van der Waals surface area contributed by atoms with Gasteiger partial charge in [-0.05, 0) is 43.4 Å². The molecule has 0 saturated heterocycles. The lowest BCUT2D eigenvalue weighted by atomic mass is 9.92. The fourth-order valence-electron chi connectivity index (χ4n) is 4.43.